The lowest BCUT2D eigenvalue weighted by Gasteiger charge is -2.12. The van der Waals surface area contributed by atoms with Crippen LogP contribution < -0.4 is 4.74 Å². The molecule has 1 aromatic heterocycles. The summed E-state index contributed by atoms with van der Waals surface area (Å²) in [5.74, 6) is 1.60. The number of ether oxygens (including phenoxy) is 1. The number of pyridine rings is 1. The van der Waals surface area contributed by atoms with Crippen LogP contribution >= 0.6 is 0 Å². The minimum absolute atomic E-state index is 0.797. The average Bonchev–Trinajstić information content (AvgIpc) is 2.72. The molecule has 0 bridgehead atoms. The molecule has 0 aliphatic rings. The van der Waals surface area contributed by atoms with Gasteiger partial charge in [0, 0.05) is 11.8 Å². The Kier molecular flexibility index (Phi) is 6.46. The molecule has 2 heteroatoms. The summed E-state index contributed by atoms with van der Waals surface area (Å²) >= 11 is 0. The number of benzene rings is 2. The summed E-state index contributed by atoms with van der Waals surface area (Å²) in [5, 5.41) is 0. The number of rotatable bonds is 6. The van der Waals surface area contributed by atoms with Crippen molar-refractivity contribution in [1.82, 2.24) is 4.98 Å². The van der Waals surface area contributed by atoms with E-state index in [4.69, 9.17) is 4.74 Å². The molecule has 0 aliphatic heterocycles. The van der Waals surface area contributed by atoms with Crippen molar-refractivity contribution in [2.45, 2.75) is 27.7 Å². The van der Waals surface area contributed by atoms with Gasteiger partial charge in [0.2, 0.25) is 0 Å². The van der Waals surface area contributed by atoms with Crippen LogP contribution in [-0.4, -0.2) is 4.98 Å². The zero-order valence-corrected chi connectivity index (χ0v) is 17.6. The number of hydrogen-bond acceptors (Lipinski definition) is 2. The lowest BCUT2D eigenvalue weighted by molar-refractivity contribution is 0.482. The van der Waals surface area contributed by atoms with Crippen molar-refractivity contribution in [3.8, 4) is 22.8 Å². The zero-order valence-electron chi connectivity index (χ0n) is 17.6. The van der Waals surface area contributed by atoms with Crippen LogP contribution in [-0.2, 0) is 0 Å². The Balaban J connectivity index is 1.94. The molecule has 3 aromatic rings. The molecule has 0 amide bonds. The molecule has 29 heavy (non-hydrogen) atoms. The highest BCUT2D eigenvalue weighted by Gasteiger charge is 2.08. The molecule has 2 aromatic carbocycles. The minimum Gasteiger partial charge on any atom is -0.457 e. The number of aromatic nitrogens is 1. The molecule has 0 fully saturated rings. The summed E-state index contributed by atoms with van der Waals surface area (Å²) < 4.78 is 6.22. The Bertz CT molecular complexity index is 1070. The van der Waals surface area contributed by atoms with Gasteiger partial charge < -0.3 is 4.74 Å². The normalized spacial score (nSPS) is 12.0. The van der Waals surface area contributed by atoms with Gasteiger partial charge in [-0.3, -0.25) is 4.98 Å². The van der Waals surface area contributed by atoms with Gasteiger partial charge in [0.1, 0.15) is 11.5 Å². The fraction of sp³-hybridized carbons (Fsp3) is 0.148. The van der Waals surface area contributed by atoms with Crippen LogP contribution in [0.3, 0.4) is 0 Å². The number of nitrogens with zero attached hydrogens (tertiary/aromatic N) is 1. The van der Waals surface area contributed by atoms with Gasteiger partial charge in [-0.15, -0.1) is 0 Å². The summed E-state index contributed by atoms with van der Waals surface area (Å²) in [6, 6.07) is 20.3. The molecule has 0 unspecified atom stereocenters. The molecule has 0 aliphatic carbocycles. The van der Waals surface area contributed by atoms with E-state index in [0.29, 0.717) is 0 Å². The van der Waals surface area contributed by atoms with E-state index in [0.717, 1.165) is 45.0 Å². The van der Waals surface area contributed by atoms with E-state index >= 15 is 0 Å². The second kappa shape index (κ2) is 9.20. The summed E-state index contributed by atoms with van der Waals surface area (Å²) in [6.07, 6.45) is 6.06. The first kappa shape index (κ1) is 20.3. The van der Waals surface area contributed by atoms with Crippen LogP contribution in [0, 0.1) is 6.92 Å². The lowest BCUT2D eigenvalue weighted by atomic mass is 9.97. The molecule has 3 rings (SSSR count). The Morgan fingerprint density at radius 3 is 2.48 bits per heavy atom. The molecule has 0 saturated carbocycles. The molecule has 1 heterocycles. The summed E-state index contributed by atoms with van der Waals surface area (Å²) in [4.78, 5) is 4.45. The van der Waals surface area contributed by atoms with Crippen molar-refractivity contribution in [1.29, 1.82) is 0 Å². The van der Waals surface area contributed by atoms with E-state index in [1.54, 1.807) is 6.20 Å². The number of hydrogen-bond donors (Lipinski definition) is 0. The molecule has 0 saturated heterocycles. The monoisotopic (exact) mass is 381 g/mol. The quantitative estimate of drug-likeness (QED) is 0.407. The summed E-state index contributed by atoms with van der Waals surface area (Å²) in [6.45, 7) is 12.4. The first-order chi connectivity index (χ1) is 14.0. The van der Waals surface area contributed by atoms with Crippen molar-refractivity contribution in [3.63, 3.8) is 0 Å². The third kappa shape index (κ3) is 5.32. The van der Waals surface area contributed by atoms with Crippen LogP contribution in [0.15, 0.2) is 96.7 Å². The van der Waals surface area contributed by atoms with Gasteiger partial charge in [-0.25, -0.2) is 0 Å². The van der Waals surface area contributed by atoms with E-state index in [2.05, 4.69) is 55.8 Å². The first-order valence-electron chi connectivity index (χ1n) is 9.78. The maximum absolute atomic E-state index is 6.22. The van der Waals surface area contributed by atoms with Gasteiger partial charge in [-0.1, -0.05) is 48.1 Å². The van der Waals surface area contributed by atoms with Crippen LogP contribution in [0.2, 0.25) is 0 Å². The second-order valence-electron chi connectivity index (χ2n) is 7.25. The third-order valence-electron chi connectivity index (χ3n) is 4.68. The Labute approximate surface area is 173 Å². The Morgan fingerprint density at radius 1 is 0.966 bits per heavy atom. The molecular formula is C27H27NO. The van der Waals surface area contributed by atoms with Gasteiger partial charge in [-0.2, -0.15) is 0 Å². The zero-order chi connectivity index (χ0) is 20.8. The van der Waals surface area contributed by atoms with E-state index in [-0.39, 0.29) is 0 Å². The highest BCUT2D eigenvalue weighted by atomic mass is 16.5. The first-order valence-corrected chi connectivity index (χ1v) is 9.78. The second-order valence-corrected chi connectivity index (χ2v) is 7.25. The van der Waals surface area contributed by atoms with E-state index in [1.165, 1.54) is 5.57 Å². The van der Waals surface area contributed by atoms with Gasteiger partial charge in [0.15, 0.2) is 0 Å². The van der Waals surface area contributed by atoms with Gasteiger partial charge in [-0.05, 0) is 86.9 Å². The number of aryl methyl sites for hydroxylation is 1. The highest BCUT2D eigenvalue weighted by Crippen LogP contribution is 2.31. The van der Waals surface area contributed by atoms with Gasteiger partial charge >= 0.3 is 0 Å². The largest absolute Gasteiger partial charge is 0.457 e. The predicted molar refractivity (Wildman–Crippen MR) is 123 cm³/mol. The van der Waals surface area contributed by atoms with Crippen molar-refractivity contribution < 1.29 is 4.74 Å². The molecule has 2 nitrogen and oxygen atoms in total. The standard InChI is InChI=1S/C27H27NO/c1-6-20(4)16-26(19(2)3)22-10-9-11-24(17-22)29-25-15-21(5)14-23(18-25)27-12-7-8-13-28-27/h6-18H,2H2,1,3-5H3/b20-6-,26-16+. The predicted octanol–water partition coefficient (Wildman–Crippen LogP) is 7.78. The molecule has 0 spiro atoms. The van der Waals surface area contributed by atoms with Crippen LogP contribution in [0.1, 0.15) is 31.9 Å². The Morgan fingerprint density at radius 2 is 1.79 bits per heavy atom. The maximum atomic E-state index is 6.22. The third-order valence-corrected chi connectivity index (χ3v) is 4.68. The maximum Gasteiger partial charge on any atom is 0.128 e. The average molecular weight is 382 g/mol. The summed E-state index contributed by atoms with van der Waals surface area (Å²) in [7, 11) is 0. The van der Waals surface area contributed by atoms with Crippen LogP contribution in [0.25, 0.3) is 16.8 Å². The van der Waals surface area contributed by atoms with Crippen LogP contribution in [0.4, 0.5) is 0 Å². The van der Waals surface area contributed by atoms with E-state index < -0.39 is 0 Å². The lowest BCUT2D eigenvalue weighted by Crippen LogP contribution is -1.91. The van der Waals surface area contributed by atoms with Crippen LogP contribution in [0.5, 0.6) is 11.5 Å². The van der Waals surface area contributed by atoms with Gasteiger partial charge in [0.05, 0.1) is 5.69 Å². The Hall–Kier alpha value is -3.39. The highest BCUT2D eigenvalue weighted by molar-refractivity contribution is 5.80. The fourth-order valence-corrected chi connectivity index (χ4v) is 3.12. The fourth-order valence-electron chi connectivity index (χ4n) is 3.12. The van der Waals surface area contributed by atoms with Crippen molar-refractivity contribution in [2.24, 2.45) is 0 Å². The number of allylic oxidation sites excluding steroid dienone is 5. The van der Waals surface area contributed by atoms with Crippen molar-refractivity contribution in [2.75, 3.05) is 0 Å². The summed E-state index contributed by atoms with van der Waals surface area (Å²) in [5.41, 5.74) is 7.54. The van der Waals surface area contributed by atoms with Gasteiger partial charge in [0.25, 0.3) is 0 Å². The van der Waals surface area contributed by atoms with Crippen molar-refractivity contribution >= 4 is 5.57 Å². The van der Waals surface area contributed by atoms with E-state index in [1.807, 2.05) is 56.3 Å². The topological polar surface area (TPSA) is 22.1 Å². The molecule has 0 radical (unpaired) electrons. The molecular weight excluding hydrogens is 354 g/mol. The molecule has 0 N–H and O–H groups in total. The SMILES string of the molecule is C=C(C)/C(=C\C(C)=C/C)c1cccc(Oc2cc(C)cc(-c3ccccn3)c2)c1. The minimum atomic E-state index is 0.797. The van der Waals surface area contributed by atoms with E-state index in [9.17, 15) is 0 Å². The smallest absolute Gasteiger partial charge is 0.128 e. The molecule has 0 atom stereocenters. The molecule has 146 valence electrons. The van der Waals surface area contributed by atoms with Crippen molar-refractivity contribution in [3.05, 3.63) is 108 Å².